The summed E-state index contributed by atoms with van der Waals surface area (Å²) in [6.07, 6.45) is 4.93. The van der Waals surface area contributed by atoms with Gasteiger partial charge in [-0.2, -0.15) is 0 Å². The molecule has 2 aromatic heterocycles. The van der Waals surface area contributed by atoms with Crippen LogP contribution in [0.1, 0.15) is 16.8 Å². The third-order valence-corrected chi connectivity index (χ3v) is 2.62. The number of rotatable bonds is 3. The number of hydrogen-bond donors (Lipinski definition) is 1. The molecule has 0 radical (unpaired) electrons. The van der Waals surface area contributed by atoms with Crippen LogP contribution in [-0.4, -0.2) is 19.5 Å². The Balaban J connectivity index is 2.34. The molecule has 0 saturated heterocycles. The average Bonchev–Trinajstić information content (AvgIpc) is 2.34. The van der Waals surface area contributed by atoms with E-state index in [0.717, 1.165) is 11.1 Å². The normalized spacial score (nSPS) is 10.3. The lowest BCUT2D eigenvalue weighted by atomic mass is 10.2. The van der Waals surface area contributed by atoms with Crippen molar-refractivity contribution in [1.29, 1.82) is 0 Å². The summed E-state index contributed by atoms with van der Waals surface area (Å²) in [5.41, 5.74) is 7.62. The van der Waals surface area contributed by atoms with Gasteiger partial charge < -0.3 is 5.73 Å². The topological polar surface area (TPSA) is 73.8 Å². The number of nitrogens with zero attached hydrogens (tertiary/aromatic N) is 3. The number of pyridine rings is 1. The van der Waals surface area contributed by atoms with Crippen LogP contribution in [0.4, 0.5) is 0 Å². The Morgan fingerprint density at radius 3 is 3.00 bits per heavy atom. The summed E-state index contributed by atoms with van der Waals surface area (Å²) in [7, 11) is 0. The summed E-state index contributed by atoms with van der Waals surface area (Å²) in [6, 6.07) is 3.59. The highest BCUT2D eigenvalue weighted by atomic mass is 32.1. The Kier molecular flexibility index (Phi) is 3.47. The molecule has 2 aromatic rings. The predicted molar refractivity (Wildman–Crippen MR) is 72.5 cm³/mol. The molecule has 2 heterocycles. The van der Waals surface area contributed by atoms with Crippen LogP contribution in [0.2, 0.25) is 0 Å². The minimum atomic E-state index is -0.283. The van der Waals surface area contributed by atoms with E-state index in [-0.39, 0.29) is 10.7 Å². The van der Waals surface area contributed by atoms with Crippen LogP contribution in [0, 0.1) is 6.92 Å². The number of nitrogens with two attached hydrogens (primary N) is 1. The summed E-state index contributed by atoms with van der Waals surface area (Å²) in [6.45, 7) is 2.31. The van der Waals surface area contributed by atoms with Gasteiger partial charge in [-0.1, -0.05) is 12.2 Å². The van der Waals surface area contributed by atoms with E-state index in [1.165, 1.54) is 4.57 Å². The lowest BCUT2D eigenvalue weighted by molar-refractivity contribution is 0.720. The number of thiocarbonyl (C=S) groups is 1. The summed E-state index contributed by atoms with van der Waals surface area (Å²) in [5.74, 6) is 0. The third kappa shape index (κ3) is 2.78. The van der Waals surface area contributed by atoms with Crippen LogP contribution in [0.25, 0.3) is 0 Å². The molecule has 0 atom stereocenters. The first-order valence-corrected chi connectivity index (χ1v) is 5.75. The molecule has 0 aliphatic rings. The van der Waals surface area contributed by atoms with Gasteiger partial charge in [-0.05, 0) is 30.2 Å². The van der Waals surface area contributed by atoms with Gasteiger partial charge in [0, 0.05) is 18.6 Å². The zero-order valence-electron chi connectivity index (χ0n) is 9.83. The van der Waals surface area contributed by atoms with Crippen LogP contribution in [0.15, 0.2) is 35.5 Å². The highest BCUT2D eigenvalue weighted by Crippen LogP contribution is 2.04. The van der Waals surface area contributed by atoms with Crippen molar-refractivity contribution in [1.82, 2.24) is 14.5 Å². The molecule has 2 rings (SSSR count). The van der Waals surface area contributed by atoms with Crippen molar-refractivity contribution in [3.63, 3.8) is 0 Å². The first-order valence-electron chi connectivity index (χ1n) is 5.34. The van der Waals surface area contributed by atoms with Gasteiger partial charge in [0.05, 0.1) is 12.2 Å². The third-order valence-electron chi connectivity index (χ3n) is 2.41. The maximum atomic E-state index is 11.6. The summed E-state index contributed by atoms with van der Waals surface area (Å²) in [4.78, 5) is 19.6. The Morgan fingerprint density at radius 2 is 2.28 bits per heavy atom. The molecule has 0 saturated carbocycles. The second-order valence-corrected chi connectivity index (χ2v) is 4.40. The van der Waals surface area contributed by atoms with Crippen molar-refractivity contribution in [2.24, 2.45) is 5.73 Å². The van der Waals surface area contributed by atoms with Gasteiger partial charge in [-0.15, -0.1) is 0 Å². The molecule has 0 fully saturated rings. The molecule has 0 unspecified atom stereocenters. The molecule has 0 amide bonds. The van der Waals surface area contributed by atoms with Gasteiger partial charge in [-0.25, -0.2) is 9.78 Å². The fourth-order valence-corrected chi connectivity index (χ4v) is 1.69. The van der Waals surface area contributed by atoms with Gasteiger partial charge in [0.25, 0.3) is 0 Å². The molecule has 0 aliphatic heterocycles. The van der Waals surface area contributed by atoms with E-state index < -0.39 is 0 Å². The van der Waals surface area contributed by atoms with E-state index in [0.29, 0.717) is 12.2 Å². The lowest BCUT2D eigenvalue weighted by Crippen LogP contribution is -2.23. The summed E-state index contributed by atoms with van der Waals surface area (Å²) >= 11 is 4.87. The summed E-state index contributed by atoms with van der Waals surface area (Å²) in [5, 5.41) is 0. The maximum absolute atomic E-state index is 11.6. The molecule has 6 heteroatoms. The molecular formula is C12H12N4OS. The first-order chi connectivity index (χ1) is 8.56. The van der Waals surface area contributed by atoms with Crippen molar-refractivity contribution in [3.05, 3.63) is 58.0 Å². The zero-order valence-corrected chi connectivity index (χ0v) is 10.6. The summed E-state index contributed by atoms with van der Waals surface area (Å²) < 4.78 is 1.54. The Labute approximate surface area is 109 Å². The minimum Gasteiger partial charge on any atom is -0.388 e. The van der Waals surface area contributed by atoms with E-state index in [1.54, 1.807) is 24.7 Å². The van der Waals surface area contributed by atoms with Gasteiger partial charge in [-0.3, -0.25) is 9.55 Å². The van der Waals surface area contributed by atoms with E-state index in [4.69, 9.17) is 18.0 Å². The fraction of sp³-hybridized carbons (Fsp3) is 0.167. The van der Waals surface area contributed by atoms with Gasteiger partial charge in [0.1, 0.15) is 4.99 Å². The smallest absolute Gasteiger partial charge is 0.347 e. The van der Waals surface area contributed by atoms with Crippen LogP contribution >= 0.6 is 12.2 Å². The van der Waals surface area contributed by atoms with Crippen LogP contribution in [0.5, 0.6) is 0 Å². The second-order valence-electron chi connectivity index (χ2n) is 3.96. The molecule has 5 nitrogen and oxygen atoms in total. The van der Waals surface area contributed by atoms with E-state index in [2.05, 4.69) is 9.97 Å². The molecule has 0 bridgehead atoms. The standard InChI is InChI=1S/C12H12N4OS/c1-8-5-15-12(17)16(6-8)7-9-2-3-14-10(4-9)11(13)18/h2-6H,7H2,1H3,(H2,13,18). The van der Waals surface area contributed by atoms with E-state index in [1.807, 2.05) is 13.0 Å². The Morgan fingerprint density at radius 1 is 1.50 bits per heavy atom. The SMILES string of the molecule is Cc1cnc(=O)n(Cc2ccnc(C(N)=S)c2)c1. The highest BCUT2D eigenvalue weighted by molar-refractivity contribution is 7.80. The predicted octanol–water partition coefficient (Wildman–Crippen LogP) is 0.629. The molecule has 0 spiro atoms. The number of hydrogen-bond acceptors (Lipinski definition) is 4. The Bertz CT molecular complexity index is 651. The van der Waals surface area contributed by atoms with Crippen molar-refractivity contribution in [3.8, 4) is 0 Å². The second kappa shape index (κ2) is 5.05. The highest BCUT2D eigenvalue weighted by Gasteiger charge is 2.03. The van der Waals surface area contributed by atoms with Crippen molar-refractivity contribution >= 4 is 17.2 Å². The number of aromatic nitrogens is 3. The first kappa shape index (κ1) is 12.4. The molecular weight excluding hydrogens is 248 g/mol. The van der Waals surface area contributed by atoms with Crippen molar-refractivity contribution in [2.75, 3.05) is 0 Å². The van der Waals surface area contributed by atoms with Crippen LogP contribution in [-0.2, 0) is 6.54 Å². The molecule has 92 valence electrons. The van der Waals surface area contributed by atoms with E-state index in [9.17, 15) is 4.79 Å². The van der Waals surface area contributed by atoms with Crippen LogP contribution in [0.3, 0.4) is 0 Å². The average molecular weight is 260 g/mol. The zero-order chi connectivity index (χ0) is 13.1. The quantitative estimate of drug-likeness (QED) is 0.819. The molecule has 18 heavy (non-hydrogen) atoms. The minimum absolute atomic E-state index is 0.242. The van der Waals surface area contributed by atoms with Gasteiger partial charge in [0.2, 0.25) is 0 Å². The Hall–Kier alpha value is -2.08. The fourth-order valence-electron chi connectivity index (χ4n) is 1.58. The van der Waals surface area contributed by atoms with Gasteiger partial charge >= 0.3 is 5.69 Å². The van der Waals surface area contributed by atoms with Crippen LogP contribution < -0.4 is 11.4 Å². The van der Waals surface area contributed by atoms with Crippen molar-refractivity contribution in [2.45, 2.75) is 13.5 Å². The van der Waals surface area contributed by atoms with Gasteiger partial charge in [0.15, 0.2) is 0 Å². The largest absolute Gasteiger partial charge is 0.388 e. The monoisotopic (exact) mass is 260 g/mol. The molecule has 0 aliphatic carbocycles. The van der Waals surface area contributed by atoms with E-state index >= 15 is 0 Å². The molecule has 0 aromatic carbocycles. The molecule has 2 N–H and O–H groups in total. The lowest BCUT2D eigenvalue weighted by Gasteiger charge is -2.06. The maximum Gasteiger partial charge on any atom is 0.347 e. The van der Waals surface area contributed by atoms with Crippen molar-refractivity contribution < 1.29 is 0 Å². The number of aryl methyl sites for hydroxylation is 1.